The van der Waals surface area contributed by atoms with E-state index in [1.54, 1.807) is 0 Å². The van der Waals surface area contributed by atoms with Crippen molar-refractivity contribution in [1.82, 2.24) is 9.78 Å². The van der Waals surface area contributed by atoms with Crippen LogP contribution in [0.2, 0.25) is 5.02 Å². The molecule has 0 bridgehead atoms. The van der Waals surface area contributed by atoms with Crippen molar-refractivity contribution in [2.45, 2.75) is 39.8 Å². The number of nitrogens with zero attached hydrogens (tertiary/aromatic N) is 3. The smallest absolute Gasteiger partial charge is 0.150 e. The van der Waals surface area contributed by atoms with E-state index < -0.39 is 0 Å². The first kappa shape index (κ1) is 15.7. The molecule has 5 heteroatoms. The van der Waals surface area contributed by atoms with Crippen LogP contribution in [0.1, 0.15) is 37.6 Å². The van der Waals surface area contributed by atoms with Crippen molar-refractivity contribution in [3.05, 3.63) is 40.5 Å². The Morgan fingerprint density at radius 3 is 2.52 bits per heavy atom. The van der Waals surface area contributed by atoms with Crippen molar-refractivity contribution in [2.24, 2.45) is 0 Å². The zero-order chi connectivity index (χ0) is 15.6. The number of benzene rings is 1. The standard InChI is InChI=1S/C16H23ClN4/c1-5-10-21-16(15(18)11(2)19-21)20(4)12(3)13-6-8-14(17)9-7-13/h6-9,12H,5,10,18H2,1-4H3. The molecule has 1 unspecified atom stereocenters. The fraction of sp³-hybridized carbons (Fsp3) is 0.438. The minimum absolute atomic E-state index is 0.191. The molecule has 1 aromatic carbocycles. The maximum atomic E-state index is 6.23. The van der Waals surface area contributed by atoms with E-state index in [0.717, 1.165) is 35.2 Å². The first-order valence-electron chi connectivity index (χ1n) is 7.26. The highest BCUT2D eigenvalue weighted by Gasteiger charge is 2.21. The van der Waals surface area contributed by atoms with Gasteiger partial charge in [0.05, 0.1) is 17.4 Å². The van der Waals surface area contributed by atoms with Gasteiger partial charge in [0.15, 0.2) is 5.82 Å². The zero-order valence-electron chi connectivity index (χ0n) is 13.1. The summed E-state index contributed by atoms with van der Waals surface area (Å²) in [6.45, 7) is 7.11. The molecular formula is C16H23ClN4. The molecule has 0 fully saturated rings. The summed E-state index contributed by atoms with van der Waals surface area (Å²) < 4.78 is 2.00. The largest absolute Gasteiger partial charge is 0.394 e. The summed E-state index contributed by atoms with van der Waals surface area (Å²) in [5, 5.41) is 5.29. The molecule has 0 amide bonds. The molecule has 1 aromatic heterocycles. The average molecular weight is 307 g/mol. The molecule has 1 atom stereocenters. The van der Waals surface area contributed by atoms with Crippen LogP contribution in [0, 0.1) is 6.92 Å². The van der Waals surface area contributed by atoms with Gasteiger partial charge >= 0.3 is 0 Å². The summed E-state index contributed by atoms with van der Waals surface area (Å²) in [4.78, 5) is 2.17. The lowest BCUT2D eigenvalue weighted by atomic mass is 10.1. The Hall–Kier alpha value is -1.68. The molecule has 2 aromatic rings. The van der Waals surface area contributed by atoms with Gasteiger partial charge in [0.1, 0.15) is 0 Å². The maximum Gasteiger partial charge on any atom is 0.150 e. The van der Waals surface area contributed by atoms with Gasteiger partial charge in [-0.05, 0) is 38.0 Å². The molecular weight excluding hydrogens is 284 g/mol. The molecule has 114 valence electrons. The van der Waals surface area contributed by atoms with Gasteiger partial charge < -0.3 is 10.6 Å². The van der Waals surface area contributed by atoms with Gasteiger partial charge in [0.2, 0.25) is 0 Å². The maximum absolute atomic E-state index is 6.23. The van der Waals surface area contributed by atoms with E-state index in [-0.39, 0.29) is 6.04 Å². The quantitative estimate of drug-likeness (QED) is 0.907. The number of aryl methyl sites for hydroxylation is 2. The van der Waals surface area contributed by atoms with E-state index in [1.165, 1.54) is 5.56 Å². The Morgan fingerprint density at radius 2 is 1.95 bits per heavy atom. The summed E-state index contributed by atoms with van der Waals surface area (Å²) in [6, 6.07) is 8.12. The number of nitrogen functional groups attached to an aromatic ring is 1. The zero-order valence-corrected chi connectivity index (χ0v) is 13.9. The Bertz CT molecular complexity index is 603. The molecule has 0 saturated carbocycles. The third-order valence-corrected chi connectivity index (χ3v) is 4.10. The highest BCUT2D eigenvalue weighted by atomic mass is 35.5. The van der Waals surface area contributed by atoms with Crippen molar-refractivity contribution in [3.63, 3.8) is 0 Å². The van der Waals surface area contributed by atoms with Crippen molar-refractivity contribution < 1.29 is 0 Å². The summed E-state index contributed by atoms with van der Waals surface area (Å²) in [6.07, 6.45) is 1.02. The van der Waals surface area contributed by atoms with Crippen LogP contribution < -0.4 is 10.6 Å². The van der Waals surface area contributed by atoms with Crippen molar-refractivity contribution in [3.8, 4) is 0 Å². The molecule has 0 radical (unpaired) electrons. The van der Waals surface area contributed by atoms with Crippen molar-refractivity contribution in [1.29, 1.82) is 0 Å². The SMILES string of the molecule is CCCn1nc(C)c(N)c1N(C)C(C)c1ccc(Cl)cc1. The topological polar surface area (TPSA) is 47.1 Å². The molecule has 1 heterocycles. The molecule has 2 N–H and O–H groups in total. The third kappa shape index (κ3) is 3.16. The lowest BCUT2D eigenvalue weighted by Crippen LogP contribution is -2.25. The third-order valence-electron chi connectivity index (χ3n) is 3.85. The molecule has 0 aliphatic heterocycles. The molecule has 0 aliphatic rings. The van der Waals surface area contributed by atoms with Gasteiger partial charge in [-0.3, -0.25) is 0 Å². The van der Waals surface area contributed by atoms with E-state index in [0.29, 0.717) is 0 Å². The number of nitrogens with two attached hydrogens (primary N) is 1. The van der Waals surface area contributed by atoms with Crippen LogP contribution in [-0.4, -0.2) is 16.8 Å². The van der Waals surface area contributed by atoms with Crippen LogP contribution in [0.25, 0.3) is 0 Å². The average Bonchev–Trinajstić information content (AvgIpc) is 2.74. The minimum Gasteiger partial charge on any atom is -0.394 e. The molecule has 4 nitrogen and oxygen atoms in total. The Labute approximate surface area is 131 Å². The summed E-state index contributed by atoms with van der Waals surface area (Å²) in [5.74, 6) is 0.983. The first-order valence-corrected chi connectivity index (χ1v) is 7.64. The van der Waals surface area contributed by atoms with Gasteiger partial charge in [0, 0.05) is 18.6 Å². The number of halogens is 1. The number of aromatic nitrogens is 2. The molecule has 0 aliphatic carbocycles. The predicted octanol–water partition coefficient (Wildman–Crippen LogP) is 4.03. The van der Waals surface area contributed by atoms with Crippen molar-refractivity contribution in [2.75, 3.05) is 17.7 Å². The van der Waals surface area contributed by atoms with Crippen LogP contribution >= 0.6 is 11.6 Å². The molecule has 0 saturated heterocycles. The van der Waals surface area contributed by atoms with E-state index in [4.69, 9.17) is 17.3 Å². The van der Waals surface area contributed by atoms with Crippen LogP contribution in [0.15, 0.2) is 24.3 Å². The Balaban J connectivity index is 2.34. The van der Waals surface area contributed by atoms with Gasteiger partial charge in [-0.2, -0.15) is 5.10 Å². The number of anilines is 2. The van der Waals surface area contributed by atoms with E-state index in [2.05, 4.69) is 30.9 Å². The molecule has 0 spiro atoms. The normalized spacial score (nSPS) is 12.4. The van der Waals surface area contributed by atoms with E-state index in [9.17, 15) is 0 Å². The highest BCUT2D eigenvalue weighted by molar-refractivity contribution is 6.30. The van der Waals surface area contributed by atoms with Crippen LogP contribution in [0.4, 0.5) is 11.5 Å². The second-order valence-electron chi connectivity index (χ2n) is 5.38. The number of hydrogen-bond donors (Lipinski definition) is 1. The van der Waals surface area contributed by atoms with Crippen molar-refractivity contribution >= 4 is 23.1 Å². The number of hydrogen-bond acceptors (Lipinski definition) is 3. The fourth-order valence-electron chi connectivity index (χ4n) is 2.47. The van der Waals surface area contributed by atoms with Gasteiger partial charge in [-0.15, -0.1) is 0 Å². The van der Waals surface area contributed by atoms with Crippen LogP contribution in [0.3, 0.4) is 0 Å². The summed E-state index contributed by atoms with van der Waals surface area (Å²) >= 11 is 5.96. The summed E-state index contributed by atoms with van der Waals surface area (Å²) in [5.41, 5.74) is 9.07. The lowest BCUT2D eigenvalue weighted by Gasteiger charge is -2.28. The Kier molecular flexibility index (Phi) is 4.78. The predicted molar refractivity (Wildman–Crippen MR) is 89.9 cm³/mol. The van der Waals surface area contributed by atoms with Gasteiger partial charge in [0.25, 0.3) is 0 Å². The second-order valence-corrected chi connectivity index (χ2v) is 5.82. The molecule has 21 heavy (non-hydrogen) atoms. The lowest BCUT2D eigenvalue weighted by molar-refractivity contribution is 0.579. The minimum atomic E-state index is 0.191. The summed E-state index contributed by atoms with van der Waals surface area (Å²) in [7, 11) is 2.05. The van der Waals surface area contributed by atoms with E-state index in [1.807, 2.05) is 35.9 Å². The highest BCUT2D eigenvalue weighted by Crippen LogP contribution is 2.32. The van der Waals surface area contributed by atoms with Crippen LogP contribution in [-0.2, 0) is 6.54 Å². The van der Waals surface area contributed by atoms with Crippen LogP contribution in [0.5, 0.6) is 0 Å². The monoisotopic (exact) mass is 306 g/mol. The van der Waals surface area contributed by atoms with Gasteiger partial charge in [-0.1, -0.05) is 30.7 Å². The van der Waals surface area contributed by atoms with E-state index >= 15 is 0 Å². The number of rotatable bonds is 5. The Morgan fingerprint density at radius 1 is 1.33 bits per heavy atom. The second kappa shape index (κ2) is 6.39. The fourth-order valence-corrected chi connectivity index (χ4v) is 2.60. The first-order chi connectivity index (χ1) is 9.95. The molecule has 2 rings (SSSR count). The van der Waals surface area contributed by atoms with Gasteiger partial charge in [-0.25, -0.2) is 4.68 Å².